The lowest BCUT2D eigenvalue weighted by Gasteiger charge is -2.30. The van der Waals surface area contributed by atoms with Crippen LogP contribution in [0, 0.1) is 5.92 Å². The minimum absolute atomic E-state index is 0.0719. The zero-order valence-corrected chi connectivity index (χ0v) is 17.7. The molecule has 0 bridgehead atoms. The Bertz CT molecular complexity index is 973. The minimum Gasteiger partial charge on any atom is -0.352 e. The number of fused-ring (bicyclic) bond motifs is 1. The van der Waals surface area contributed by atoms with Crippen LogP contribution in [0.15, 0.2) is 47.4 Å². The van der Waals surface area contributed by atoms with Gasteiger partial charge in [-0.15, -0.1) is 0 Å². The van der Waals surface area contributed by atoms with E-state index in [4.69, 9.17) is 11.6 Å². The molecule has 0 fully saturated rings. The highest BCUT2D eigenvalue weighted by Crippen LogP contribution is 2.32. The smallest absolute Gasteiger partial charge is 0.264 e. The molecule has 28 heavy (non-hydrogen) atoms. The molecule has 0 radical (unpaired) electrons. The molecule has 0 atom stereocenters. The Hall–Kier alpha value is -2.05. The first-order valence-electron chi connectivity index (χ1n) is 9.49. The Kier molecular flexibility index (Phi) is 6.30. The molecule has 1 amide bonds. The van der Waals surface area contributed by atoms with Gasteiger partial charge in [0.15, 0.2) is 0 Å². The number of halogens is 1. The molecule has 1 N–H and O–H groups in total. The standard InChI is InChI=1S/C21H25ClN2O3S/c1-15(2)11-12-23-21(25)18-14-17(9-10-19(18)22)28(26,27)24-13-5-7-16-6-3-4-8-20(16)24/h3-4,6,8-10,14-15H,5,7,11-13H2,1-2H3,(H,23,25). The van der Waals surface area contributed by atoms with E-state index in [1.165, 1.54) is 22.5 Å². The molecule has 0 unspecified atom stereocenters. The van der Waals surface area contributed by atoms with E-state index >= 15 is 0 Å². The maximum Gasteiger partial charge on any atom is 0.264 e. The van der Waals surface area contributed by atoms with Gasteiger partial charge < -0.3 is 5.32 Å². The van der Waals surface area contributed by atoms with Crippen molar-refractivity contribution in [3.05, 3.63) is 58.6 Å². The summed E-state index contributed by atoms with van der Waals surface area (Å²) in [5.41, 5.74) is 1.89. The number of para-hydroxylation sites is 1. The summed E-state index contributed by atoms with van der Waals surface area (Å²) in [4.78, 5) is 12.6. The fraction of sp³-hybridized carbons (Fsp3) is 0.381. The van der Waals surface area contributed by atoms with Gasteiger partial charge >= 0.3 is 0 Å². The van der Waals surface area contributed by atoms with E-state index in [2.05, 4.69) is 19.2 Å². The number of hydrogen-bond donors (Lipinski definition) is 1. The first-order chi connectivity index (χ1) is 13.3. The van der Waals surface area contributed by atoms with Crippen LogP contribution in [-0.4, -0.2) is 27.4 Å². The van der Waals surface area contributed by atoms with Crippen molar-refractivity contribution >= 4 is 33.2 Å². The topological polar surface area (TPSA) is 66.5 Å². The second kappa shape index (κ2) is 8.53. The van der Waals surface area contributed by atoms with E-state index in [0.29, 0.717) is 24.7 Å². The largest absolute Gasteiger partial charge is 0.352 e. The van der Waals surface area contributed by atoms with Crippen molar-refractivity contribution in [2.45, 2.75) is 38.0 Å². The summed E-state index contributed by atoms with van der Waals surface area (Å²) in [7, 11) is -3.79. The van der Waals surface area contributed by atoms with Gasteiger partial charge in [-0.3, -0.25) is 9.10 Å². The normalized spacial score (nSPS) is 14.1. The molecular formula is C21H25ClN2O3S. The second-order valence-corrected chi connectivity index (χ2v) is 9.66. The summed E-state index contributed by atoms with van der Waals surface area (Å²) < 4.78 is 28.0. The van der Waals surface area contributed by atoms with Gasteiger partial charge in [-0.1, -0.05) is 43.6 Å². The number of benzene rings is 2. The third-order valence-electron chi connectivity index (χ3n) is 4.85. The Labute approximate surface area is 171 Å². The third kappa shape index (κ3) is 4.33. The Morgan fingerprint density at radius 2 is 1.96 bits per heavy atom. The summed E-state index contributed by atoms with van der Waals surface area (Å²) in [6, 6.07) is 11.8. The fourth-order valence-corrected chi connectivity index (χ4v) is 5.06. The third-order valence-corrected chi connectivity index (χ3v) is 6.98. The number of rotatable bonds is 6. The first kappa shape index (κ1) is 20.7. The van der Waals surface area contributed by atoms with Crippen molar-refractivity contribution in [1.29, 1.82) is 0 Å². The number of carbonyl (C=O) groups is 1. The van der Waals surface area contributed by atoms with Gasteiger partial charge in [-0.25, -0.2) is 8.42 Å². The lowest BCUT2D eigenvalue weighted by molar-refractivity contribution is 0.0952. The highest BCUT2D eigenvalue weighted by Gasteiger charge is 2.29. The van der Waals surface area contributed by atoms with Crippen molar-refractivity contribution in [1.82, 2.24) is 5.32 Å². The highest BCUT2D eigenvalue weighted by molar-refractivity contribution is 7.92. The number of carbonyl (C=O) groups excluding carboxylic acids is 1. The van der Waals surface area contributed by atoms with Crippen LogP contribution in [0.3, 0.4) is 0 Å². The van der Waals surface area contributed by atoms with E-state index in [-0.39, 0.29) is 21.4 Å². The van der Waals surface area contributed by atoms with E-state index in [1.807, 2.05) is 24.3 Å². The van der Waals surface area contributed by atoms with Gasteiger partial charge in [0.05, 0.1) is 21.2 Å². The fourth-order valence-electron chi connectivity index (χ4n) is 3.28. The van der Waals surface area contributed by atoms with E-state index in [1.54, 1.807) is 0 Å². The summed E-state index contributed by atoms with van der Waals surface area (Å²) >= 11 is 6.18. The van der Waals surface area contributed by atoms with Crippen LogP contribution in [0.25, 0.3) is 0 Å². The van der Waals surface area contributed by atoms with Crippen molar-refractivity contribution < 1.29 is 13.2 Å². The quantitative estimate of drug-likeness (QED) is 0.759. The number of anilines is 1. The molecule has 0 aromatic heterocycles. The molecule has 7 heteroatoms. The van der Waals surface area contributed by atoms with E-state index < -0.39 is 10.0 Å². The number of nitrogens with zero attached hydrogens (tertiary/aromatic N) is 1. The van der Waals surface area contributed by atoms with Crippen LogP contribution in [0.2, 0.25) is 5.02 Å². The highest BCUT2D eigenvalue weighted by atomic mass is 35.5. The summed E-state index contributed by atoms with van der Waals surface area (Å²) in [6.07, 6.45) is 2.45. The van der Waals surface area contributed by atoms with Crippen molar-refractivity contribution in [3.8, 4) is 0 Å². The molecule has 5 nitrogen and oxygen atoms in total. The molecule has 0 saturated carbocycles. The van der Waals surface area contributed by atoms with Crippen molar-refractivity contribution in [2.75, 3.05) is 17.4 Å². The Balaban J connectivity index is 1.91. The summed E-state index contributed by atoms with van der Waals surface area (Å²) in [5, 5.41) is 3.05. The lowest BCUT2D eigenvalue weighted by Crippen LogP contribution is -2.35. The maximum absolute atomic E-state index is 13.3. The van der Waals surface area contributed by atoms with Crippen LogP contribution in [-0.2, 0) is 16.4 Å². The average molecular weight is 421 g/mol. The van der Waals surface area contributed by atoms with Gasteiger partial charge in [0, 0.05) is 13.1 Å². The van der Waals surface area contributed by atoms with Gasteiger partial charge in [-0.2, -0.15) is 0 Å². The lowest BCUT2D eigenvalue weighted by atomic mass is 10.0. The summed E-state index contributed by atoms with van der Waals surface area (Å²) in [6.45, 7) is 5.08. The zero-order valence-electron chi connectivity index (χ0n) is 16.1. The molecule has 1 aliphatic rings. The van der Waals surface area contributed by atoms with Gasteiger partial charge in [0.2, 0.25) is 0 Å². The SMILES string of the molecule is CC(C)CCNC(=O)c1cc(S(=O)(=O)N2CCCc3ccccc32)ccc1Cl. The molecule has 150 valence electrons. The molecule has 0 aliphatic carbocycles. The summed E-state index contributed by atoms with van der Waals surface area (Å²) in [5.74, 6) is 0.100. The van der Waals surface area contributed by atoms with Crippen LogP contribution in [0.1, 0.15) is 42.6 Å². The number of sulfonamides is 1. The maximum atomic E-state index is 13.3. The minimum atomic E-state index is -3.79. The van der Waals surface area contributed by atoms with Crippen molar-refractivity contribution in [2.24, 2.45) is 5.92 Å². The zero-order chi connectivity index (χ0) is 20.3. The van der Waals surface area contributed by atoms with Gasteiger partial charge in [-0.05, 0) is 55.0 Å². The molecule has 2 aromatic rings. The Morgan fingerprint density at radius 3 is 2.71 bits per heavy atom. The van der Waals surface area contributed by atoms with E-state index in [0.717, 1.165) is 24.8 Å². The molecule has 2 aromatic carbocycles. The predicted molar refractivity (Wildman–Crippen MR) is 113 cm³/mol. The van der Waals surface area contributed by atoms with Crippen LogP contribution < -0.4 is 9.62 Å². The number of nitrogens with one attached hydrogen (secondary N) is 1. The number of aryl methyl sites for hydroxylation is 1. The predicted octanol–water partition coefficient (Wildman–Crippen LogP) is 4.26. The van der Waals surface area contributed by atoms with Gasteiger partial charge in [0.25, 0.3) is 15.9 Å². The molecule has 1 aliphatic heterocycles. The Morgan fingerprint density at radius 1 is 1.21 bits per heavy atom. The molecule has 0 spiro atoms. The number of amides is 1. The monoisotopic (exact) mass is 420 g/mol. The molecular weight excluding hydrogens is 396 g/mol. The number of hydrogen-bond acceptors (Lipinski definition) is 3. The molecule has 0 saturated heterocycles. The van der Waals surface area contributed by atoms with Crippen LogP contribution >= 0.6 is 11.6 Å². The van der Waals surface area contributed by atoms with Crippen LogP contribution in [0.4, 0.5) is 5.69 Å². The first-order valence-corrected chi connectivity index (χ1v) is 11.3. The van der Waals surface area contributed by atoms with E-state index in [9.17, 15) is 13.2 Å². The molecule has 3 rings (SSSR count). The second-order valence-electron chi connectivity index (χ2n) is 7.39. The molecule has 1 heterocycles. The average Bonchev–Trinajstić information content (AvgIpc) is 2.67. The van der Waals surface area contributed by atoms with Crippen LogP contribution in [0.5, 0.6) is 0 Å². The van der Waals surface area contributed by atoms with Gasteiger partial charge in [0.1, 0.15) is 0 Å². The van der Waals surface area contributed by atoms with Crippen molar-refractivity contribution in [3.63, 3.8) is 0 Å².